The van der Waals surface area contributed by atoms with Crippen molar-refractivity contribution < 1.29 is 9.53 Å². The summed E-state index contributed by atoms with van der Waals surface area (Å²) in [5, 5.41) is 0. The molecule has 1 fully saturated rings. The fourth-order valence-electron chi connectivity index (χ4n) is 2.63. The Hall–Kier alpha value is -1.35. The summed E-state index contributed by atoms with van der Waals surface area (Å²) in [6.45, 7) is 5.59. The average Bonchev–Trinajstić information content (AvgIpc) is 2.39. The molecule has 0 bridgehead atoms. The summed E-state index contributed by atoms with van der Waals surface area (Å²) in [5.74, 6) is 0.121. The number of benzene rings is 1. The van der Waals surface area contributed by atoms with Gasteiger partial charge < -0.3 is 9.64 Å². The maximum absolute atomic E-state index is 11.7. The van der Waals surface area contributed by atoms with Crippen LogP contribution in [0.2, 0.25) is 0 Å². The van der Waals surface area contributed by atoms with Crippen LogP contribution in [-0.2, 0) is 4.74 Å². The lowest BCUT2D eigenvalue weighted by Gasteiger charge is -2.41. The molecule has 1 atom stereocenters. The molecule has 3 heteroatoms. The predicted octanol–water partition coefficient (Wildman–Crippen LogP) is 2.89. The van der Waals surface area contributed by atoms with Gasteiger partial charge in [0.1, 0.15) is 0 Å². The molecule has 0 spiro atoms. The van der Waals surface area contributed by atoms with Crippen molar-refractivity contribution in [1.29, 1.82) is 0 Å². The predicted molar refractivity (Wildman–Crippen MR) is 73.3 cm³/mol. The highest BCUT2D eigenvalue weighted by atomic mass is 16.5. The zero-order valence-corrected chi connectivity index (χ0v) is 11.4. The van der Waals surface area contributed by atoms with E-state index in [1.54, 1.807) is 14.0 Å². The number of para-hydroxylation sites is 1. The van der Waals surface area contributed by atoms with E-state index in [0.29, 0.717) is 0 Å². The van der Waals surface area contributed by atoms with Crippen molar-refractivity contribution in [3.05, 3.63) is 29.8 Å². The second-order valence-corrected chi connectivity index (χ2v) is 5.25. The maximum atomic E-state index is 11.7. The van der Waals surface area contributed by atoms with E-state index in [1.165, 1.54) is 0 Å². The summed E-state index contributed by atoms with van der Waals surface area (Å²) < 4.78 is 5.60. The Morgan fingerprint density at radius 3 is 2.78 bits per heavy atom. The van der Waals surface area contributed by atoms with Gasteiger partial charge in [-0.2, -0.15) is 0 Å². The second kappa shape index (κ2) is 5.11. The molecule has 18 heavy (non-hydrogen) atoms. The first-order chi connectivity index (χ1) is 8.56. The largest absolute Gasteiger partial charge is 0.377 e. The van der Waals surface area contributed by atoms with Gasteiger partial charge in [-0.1, -0.05) is 12.1 Å². The lowest BCUT2D eigenvalue weighted by Crippen LogP contribution is -2.47. The smallest absolute Gasteiger partial charge is 0.161 e. The Labute approximate surface area is 109 Å². The van der Waals surface area contributed by atoms with Crippen molar-refractivity contribution in [1.82, 2.24) is 0 Å². The van der Waals surface area contributed by atoms with E-state index in [0.717, 1.165) is 37.2 Å². The van der Waals surface area contributed by atoms with Crippen LogP contribution in [0.3, 0.4) is 0 Å². The lowest BCUT2D eigenvalue weighted by molar-refractivity contribution is -0.00468. The zero-order chi connectivity index (χ0) is 13.2. The lowest BCUT2D eigenvalue weighted by atomic mass is 9.93. The van der Waals surface area contributed by atoms with Crippen molar-refractivity contribution in [3.63, 3.8) is 0 Å². The number of ketones is 1. The third-order valence-electron chi connectivity index (χ3n) is 3.78. The van der Waals surface area contributed by atoms with Gasteiger partial charge in [-0.05, 0) is 38.8 Å². The minimum absolute atomic E-state index is 0.109. The van der Waals surface area contributed by atoms with Crippen LogP contribution in [0.1, 0.15) is 37.0 Å². The maximum Gasteiger partial charge on any atom is 0.161 e. The summed E-state index contributed by atoms with van der Waals surface area (Å²) in [5.41, 5.74) is 1.73. The molecule has 1 saturated heterocycles. The number of Topliss-reactive ketones (excluding diaryl/α,β-unsaturated/α-hetero) is 1. The molecule has 0 amide bonds. The molecule has 1 unspecified atom stereocenters. The molecule has 0 aliphatic carbocycles. The Balaban J connectivity index is 2.29. The van der Waals surface area contributed by atoms with Crippen molar-refractivity contribution in [2.45, 2.75) is 32.3 Å². The quantitative estimate of drug-likeness (QED) is 0.769. The van der Waals surface area contributed by atoms with Gasteiger partial charge in [0.15, 0.2) is 5.78 Å². The zero-order valence-electron chi connectivity index (χ0n) is 11.4. The molecule has 1 aromatic carbocycles. The molecule has 98 valence electrons. The highest BCUT2D eigenvalue weighted by molar-refractivity contribution is 5.99. The average molecular weight is 247 g/mol. The number of carbonyl (C=O) groups excluding carboxylic acids is 1. The van der Waals surface area contributed by atoms with Crippen LogP contribution in [-0.4, -0.2) is 31.6 Å². The van der Waals surface area contributed by atoms with Crippen molar-refractivity contribution in [2.24, 2.45) is 0 Å². The van der Waals surface area contributed by atoms with E-state index in [1.807, 2.05) is 24.3 Å². The van der Waals surface area contributed by atoms with Gasteiger partial charge in [0, 0.05) is 31.5 Å². The number of methoxy groups -OCH3 is 1. The standard InChI is InChI=1S/C15H21NO2/c1-12(17)13-7-4-5-8-14(13)16-10-6-9-15(2,11-16)18-3/h4-5,7-8H,6,9-11H2,1-3H3. The highest BCUT2D eigenvalue weighted by Gasteiger charge is 2.31. The van der Waals surface area contributed by atoms with E-state index in [9.17, 15) is 4.79 Å². The van der Waals surface area contributed by atoms with Gasteiger partial charge in [-0.15, -0.1) is 0 Å². The molecule has 3 nitrogen and oxygen atoms in total. The number of anilines is 1. The molecular weight excluding hydrogens is 226 g/mol. The molecule has 1 aromatic rings. The SMILES string of the molecule is COC1(C)CCCN(c2ccccc2C(C)=O)C1. The number of nitrogens with zero attached hydrogens (tertiary/aromatic N) is 1. The fourth-order valence-corrected chi connectivity index (χ4v) is 2.63. The molecule has 0 N–H and O–H groups in total. The number of rotatable bonds is 3. The van der Waals surface area contributed by atoms with Crippen LogP contribution in [0.5, 0.6) is 0 Å². The normalized spacial score (nSPS) is 24.1. The third-order valence-corrected chi connectivity index (χ3v) is 3.78. The summed E-state index contributed by atoms with van der Waals surface area (Å²) in [7, 11) is 1.76. The summed E-state index contributed by atoms with van der Waals surface area (Å²) in [4.78, 5) is 13.9. The number of hydrogen-bond donors (Lipinski definition) is 0. The van der Waals surface area contributed by atoms with Crippen LogP contribution >= 0.6 is 0 Å². The minimum Gasteiger partial charge on any atom is -0.377 e. The number of piperidine rings is 1. The Morgan fingerprint density at radius 1 is 1.39 bits per heavy atom. The topological polar surface area (TPSA) is 29.5 Å². The monoisotopic (exact) mass is 247 g/mol. The molecule has 1 aliphatic rings. The van der Waals surface area contributed by atoms with Crippen molar-refractivity contribution in [2.75, 3.05) is 25.1 Å². The fraction of sp³-hybridized carbons (Fsp3) is 0.533. The second-order valence-electron chi connectivity index (χ2n) is 5.25. The van der Waals surface area contributed by atoms with E-state index >= 15 is 0 Å². The molecule has 0 saturated carbocycles. The van der Waals surface area contributed by atoms with Gasteiger partial charge in [0.05, 0.1) is 5.60 Å². The first-order valence-electron chi connectivity index (χ1n) is 6.46. The first-order valence-corrected chi connectivity index (χ1v) is 6.46. The van der Waals surface area contributed by atoms with Crippen LogP contribution in [0.4, 0.5) is 5.69 Å². The van der Waals surface area contributed by atoms with Gasteiger partial charge in [-0.3, -0.25) is 4.79 Å². The van der Waals surface area contributed by atoms with E-state index in [2.05, 4.69) is 11.8 Å². The number of carbonyl (C=O) groups is 1. The van der Waals surface area contributed by atoms with Crippen LogP contribution in [0, 0.1) is 0 Å². The van der Waals surface area contributed by atoms with Crippen LogP contribution in [0.25, 0.3) is 0 Å². The van der Waals surface area contributed by atoms with Gasteiger partial charge in [0.2, 0.25) is 0 Å². The molecule has 0 aromatic heterocycles. The molecular formula is C15H21NO2. The van der Waals surface area contributed by atoms with Crippen molar-refractivity contribution >= 4 is 11.5 Å². The minimum atomic E-state index is -0.109. The van der Waals surface area contributed by atoms with E-state index in [-0.39, 0.29) is 11.4 Å². The van der Waals surface area contributed by atoms with Gasteiger partial charge in [-0.25, -0.2) is 0 Å². The van der Waals surface area contributed by atoms with Crippen molar-refractivity contribution in [3.8, 4) is 0 Å². The van der Waals surface area contributed by atoms with Crippen LogP contribution in [0.15, 0.2) is 24.3 Å². The highest BCUT2D eigenvalue weighted by Crippen LogP contribution is 2.30. The number of ether oxygens (including phenoxy) is 1. The third kappa shape index (κ3) is 2.56. The van der Waals surface area contributed by atoms with Gasteiger partial charge >= 0.3 is 0 Å². The Bertz CT molecular complexity index is 444. The van der Waals surface area contributed by atoms with Crippen LogP contribution < -0.4 is 4.90 Å². The molecule has 0 radical (unpaired) electrons. The Kier molecular flexibility index (Phi) is 3.71. The van der Waals surface area contributed by atoms with E-state index < -0.39 is 0 Å². The Morgan fingerprint density at radius 2 is 2.11 bits per heavy atom. The van der Waals surface area contributed by atoms with E-state index in [4.69, 9.17) is 4.74 Å². The summed E-state index contributed by atoms with van der Waals surface area (Å²) in [6, 6.07) is 7.83. The summed E-state index contributed by atoms with van der Waals surface area (Å²) in [6.07, 6.45) is 2.17. The number of hydrogen-bond acceptors (Lipinski definition) is 3. The molecule has 2 rings (SSSR count). The van der Waals surface area contributed by atoms with Gasteiger partial charge in [0.25, 0.3) is 0 Å². The summed E-state index contributed by atoms with van der Waals surface area (Å²) >= 11 is 0. The molecule has 1 heterocycles. The molecule has 1 aliphatic heterocycles. The first kappa shape index (κ1) is 13.1.